The first-order valence-electron chi connectivity index (χ1n) is 19.0. The number of nitrogens with one attached hydrogen (secondary N) is 1. The first-order valence-corrected chi connectivity index (χ1v) is 20.5. The van der Waals surface area contributed by atoms with Gasteiger partial charge in [-0.15, -0.1) is 0 Å². The van der Waals surface area contributed by atoms with Crippen LogP contribution in [0.25, 0.3) is 0 Å². The fourth-order valence-corrected chi connectivity index (χ4v) is 5.65. The summed E-state index contributed by atoms with van der Waals surface area (Å²) in [5.41, 5.74) is 0. The second-order valence-corrected chi connectivity index (χ2v) is 14.2. The molecule has 0 radical (unpaired) electrons. The van der Waals surface area contributed by atoms with E-state index in [1.165, 1.54) is 32.1 Å². The van der Waals surface area contributed by atoms with Crippen LogP contribution < -0.4 is 5.32 Å². The van der Waals surface area contributed by atoms with E-state index in [-0.39, 0.29) is 12.8 Å². The Hall–Kier alpha value is -2.30. The number of rotatable bonds is 35. The molecule has 0 aliphatic carbocycles. The van der Waals surface area contributed by atoms with Crippen molar-refractivity contribution in [3.63, 3.8) is 0 Å². The van der Waals surface area contributed by atoms with Crippen molar-refractivity contribution < 1.29 is 47.8 Å². The average Bonchev–Trinajstić information content (AvgIpc) is 3.08. The zero-order valence-electron chi connectivity index (χ0n) is 30.9. The summed E-state index contributed by atoms with van der Waals surface area (Å²) in [5.74, 6) is -2.41. The van der Waals surface area contributed by atoms with Gasteiger partial charge in [0.1, 0.15) is 12.7 Å². The molecule has 50 heavy (non-hydrogen) atoms. The molecule has 3 unspecified atom stereocenters. The van der Waals surface area contributed by atoms with Gasteiger partial charge in [0.15, 0.2) is 6.04 Å². The predicted octanol–water partition coefficient (Wildman–Crippen LogP) is 8.88. The number of aliphatic carboxylic acids is 1. The number of hydrogen-bond donors (Lipinski definition) is 4. The van der Waals surface area contributed by atoms with Crippen molar-refractivity contribution >= 4 is 25.7 Å². The van der Waals surface area contributed by atoms with Gasteiger partial charge in [0.05, 0.1) is 13.2 Å². The predicted molar refractivity (Wildman–Crippen MR) is 199 cm³/mol. The van der Waals surface area contributed by atoms with E-state index in [0.717, 1.165) is 83.5 Å². The Morgan fingerprint density at radius 1 is 0.640 bits per heavy atom. The molecular weight excluding hydrogens is 661 g/mol. The third-order valence-electron chi connectivity index (χ3n) is 7.88. The second kappa shape index (κ2) is 33.8. The van der Waals surface area contributed by atoms with E-state index in [1.54, 1.807) is 0 Å². The van der Waals surface area contributed by atoms with Crippen molar-refractivity contribution in [2.45, 2.75) is 167 Å². The number of aliphatic hydroxyl groups excluding tert-OH is 1. The van der Waals surface area contributed by atoms with Crippen LogP contribution in [0.5, 0.6) is 0 Å². The minimum atomic E-state index is -4.75. The summed E-state index contributed by atoms with van der Waals surface area (Å²) in [7, 11) is -4.75. The van der Waals surface area contributed by atoms with Gasteiger partial charge in [-0.3, -0.25) is 18.6 Å². The Bertz CT molecular complexity index is 1000. The van der Waals surface area contributed by atoms with Gasteiger partial charge < -0.3 is 25.2 Å². The maximum absolute atomic E-state index is 12.2. The van der Waals surface area contributed by atoms with Gasteiger partial charge in [0.2, 0.25) is 5.91 Å². The third-order valence-corrected chi connectivity index (χ3v) is 8.83. The number of hydrogen-bond acceptors (Lipinski definition) is 8. The van der Waals surface area contributed by atoms with Crippen molar-refractivity contribution in [3.8, 4) is 0 Å². The standard InChI is InChI=1S/C38H68NO10P/c1-3-5-7-9-11-13-15-16-17-18-19-20-22-24-26-28-30-37(42)47-31-34(40)32-48-50(45,46)49-33-35(38(43)44)39-36(41)29-27-25-23-21-14-12-10-8-6-4-2/h8,10,13,15,17-18,34-35,40H,3-7,9,11-12,14,16,19-33H2,1-2H3,(H,39,41)(H,43,44)(H,45,46)/b10-8-,15-13-,18-17-. The van der Waals surface area contributed by atoms with Crippen LogP contribution in [-0.4, -0.2) is 64.9 Å². The lowest BCUT2D eigenvalue weighted by molar-refractivity contribution is -0.147. The SMILES string of the molecule is CCC/C=C\CCCCCCCC(=O)NC(COP(=O)(O)OCC(O)COC(=O)CCCCCCC/C=C\C/C=C\CCCCCC)C(=O)O. The lowest BCUT2D eigenvalue weighted by Crippen LogP contribution is -2.43. The molecule has 11 nitrogen and oxygen atoms in total. The Balaban J connectivity index is 3.97. The smallest absolute Gasteiger partial charge is 0.472 e. The van der Waals surface area contributed by atoms with Gasteiger partial charge in [-0.25, -0.2) is 9.36 Å². The molecule has 0 aliphatic heterocycles. The molecule has 0 aromatic carbocycles. The third kappa shape index (κ3) is 32.9. The first-order chi connectivity index (χ1) is 24.1. The molecule has 4 N–H and O–H groups in total. The van der Waals surface area contributed by atoms with E-state index >= 15 is 0 Å². The molecule has 3 atom stereocenters. The topological polar surface area (TPSA) is 169 Å². The Labute approximate surface area is 301 Å². The van der Waals surface area contributed by atoms with Gasteiger partial charge in [-0.05, 0) is 64.2 Å². The number of carboxylic acid groups (broad SMARTS) is 1. The van der Waals surface area contributed by atoms with E-state index in [2.05, 4.69) is 55.6 Å². The molecule has 1 amide bonds. The molecule has 0 fully saturated rings. The zero-order chi connectivity index (χ0) is 37.1. The van der Waals surface area contributed by atoms with Crippen LogP contribution in [0, 0.1) is 0 Å². The van der Waals surface area contributed by atoms with E-state index in [0.29, 0.717) is 12.8 Å². The molecule has 0 aliphatic rings. The Morgan fingerprint density at radius 2 is 1.14 bits per heavy atom. The van der Waals surface area contributed by atoms with Crippen molar-refractivity contribution in [2.24, 2.45) is 0 Å². The van der Waals surface area contributed by atoms with Gasteiger partial charge in [0, 0.05) is 12.8 Å². The molecule has 12 heteroatoms. The normalized spacial score (nSPS) is 14.3. The molecule has 0 saturated heterocycles. The van der Waals surface area contributed by atoms with E-state index in [1.807, 2.05) is 0 Å². The lowest BCUT2D eigenvalue weighted by atomic mass is 10.1. The number of carbonyl (C=O) groups is 3. The maximum atomic E-state index is 12.2. The minimum absolute atomic E-state index is 0.133. The second-order valence-electron chi connectivity index (χ2n) is 12.8. The molecule has 0 bridgehead atoms. The number of amides is 1. The Kier molecular flexibility index (Phi) is 32.3. The number of carbonyl (C=O) groups excluding carboxylic acids is 2. The molecule has 0 spiro atoms. The number of carboxylic acids is 1. The largest absolute Gasteiger partial charge is 0.480 e. The van der Waals surface area contributed by atoms with Crippen LogP contribution in [0.3, 0.4) is 0 Å². The number of phosphoric acid groups is 1. The van der Waals surface area contributed by atoms with Crippen molar-refractivity contribution in [3.05, 3.63) is 36.5 Å². The van der Waals surface area contributed by atoms with Crippen LogP contribution in [0.4, 0.5) is 0 Å². The fourth-order valence-electron chi connectivity index (χ4n) is 4.87. The van der Waals surface area contributed by atoms with Crippen LogP contribution >= 0.6 is 7.82 Å². The number of esters is 1. The molecule has 0 saturated carbocycles. The highest BCUT2D eigenvalue weighted by Gasteiger charge is 2.28. The van der Waals surface area contributed by atoms with Crippen LogP contribution in [0.15, 0.2) is 36.5 Å². The summed E-state index contributed by atoms with van der Waals surface area (Å²) in [4.78, 5) is 45.6. The highest BCUT2D eigenvalue weighted by molar-refractivity contribution is 7.47. The van der Waals surface area contributed by atoms with Crippen LogP contribution in [-0.2, 0) is 32.7 Å². The summed E-state index contributed by atoms with van der Waals surface area (Å²) in [6.07, 6.45) is 33.3. The zero-order valence-corrected chi connectivity index (χ0v) is 31.8. The van der Waals surface area contributed by atoms with Gasteiger partial charge in [-0.1, -0.05) is 115 Å². The monoisotopic (exact) mass is 729 g/mol. The molecule has 290 valence electrons. The van der Waals surface area contributed by atoms with Crippen molar-refractivity contribution in [2.75, 3.05) is 19.8 Å². The van der Waals surface area contributed by atoms with E-state index in [4.69, 9.17) is 13.8 Å². The summed E-state index contributed by atoms with van der Waals surface area (Å²) < 4.78 is 26.7. The van der Waals surface area contributed by atoms with E-state index < -0.39 is 57.6 Å². The molecular formula is C38H68NO10P. The summed E-state index contributed by atoms with van der Waals surface area (Å²) in [5, 5.41) is 21.7. The van der Waals surface area contributed by atoms with Crippen LogP contribution in [0.2, 0.25) is 0 Å². The fraction of sp³-hybridized carbons (Fsp3) is 0.763. The quantitative estimate of drug-likeness (QED) is 0.0214. The van der Waals surface area contributed by atoms with Crippen LogP contribution in [0.1, 0.15) is 155 Å². The van der Waals surface area contributed by atoms with Gasteiger partial charge >= 0.3 is 19.8 Å². The Morgan fingerprint density at radius 3 is 1.72 bits per heavy atom. The van der Waals surface area contributed by atoms with Gasteiger partial charge in [-0.2, -0.15) is 0 Å². The highest BCUT2D eigenvalue weighted by atomic mass is 31.2. The molecule has 0 heterocycles. The summed E-state index contributed by atoms with van der Waals surface area (Å²) >= 11 is 0. The first kappa shape index (κ1) is 47.7. The minimum Gasteiger partial charge on any atom is -0.480 e. The lowest BCUT2D eigenvalue weighted by Gasteiger charge is -2.18. The van der Waals surface area contributed by atoms with E-state index in [9.17, 15) is 34.1 Å². The summed E-state index contributed by atoms with van der Waals surface area (Å²) in [6, 6.07) is -1.55. The van der Waals surface area contributed by atoms with Gasteiger partial charge in [0.25, 0.3) is 0 Å². The molecule has 0 rings (SSSR count). The number of aliphatic hydroxyl groups is 1. The van der Waals surface area contributed by atoms with Crippen molar-refractivity contribution in [1.82, 2.24) is 5.32 Å². The number of ether oxygens (including phenoxy) is 1. The highest BCUT2D eigenvalue weighted by Crippen LogP contribution is 2.43. The maximum Gasteiger partial charge on any atom is 0.472 e. The summed E-state index contributed by atoms with van der Waals surface area (Å²) in [6.45, 7) is 2.45. The molecule has 0 aromatic heterocycles. The number of unbranched alkanes of at least 4 members (excludes halogenated alkanes) is 15. The number of allylic oxidation sites excluding steroid dienone is 6. The molecule has 0 aromatic rings. The average molecular weight is 730 g/mol. The van der Waals surface area contributed by atoms with Crippen molar-refractivity contribution in [1.29, 1.82) is 0 Å². The number of phosphoric ester groups is 1.